The summed E-state index contributed by atoms with van der Waals surface area (Å²) in [7, 11) is 1.49. The maximum Gasteiger partial charge on any atom is 0.270 e. The first kappa shape index (κ1) is 20.7. The first-order chi connectivity index (χ1) is 15.1. The van der Waals surface area contributed by atoms with Crippen LogP contribution in [0.3, 0.4) is 0 Å². The Bertz CT molecular complexity index is 958. The van der Waals surface area contributed by atoms with Gasteiger partial charge in [0.2, 0.25) is 17.8 Å². The van der Waals surface area contributed by atoms with E-state index < -0.39 is 4.92 Å². The zero-order chi connectivity index (χ0) is 21.6. The summed E-state index contributed by atoms with van der Waals surface area (Å²) < 4.78 is 10.7. The Labute approximate surface area is 179 Å². The van der Waals surface area contributed by atoms with Gasteiger partial charge in [-0.2, -0.15) is 20.1 Å². The number of nitro groups is 1. The molecule has 164 valence electrons. The number of aromatic nitrogens is 3. The molecule has 0 aliphatic carbocycles. The molecule has 0 bridgehead atoms. The van der Waals surface area contributed by atoms with Crippen LogP contribution in [0.5, 0.6) is 5.75 Å². The average molecular weight is 428 g/mol. The van der Waals surface area contributed by atoms with Crippen LogP contribution >= 0.6 is 0 Å². The topological polar surface area (TPSA) is 131 Å². The molecule has 31 heavy (non-hydrogen) atoms. The van der Waals surface area contributed by atoms with E-state index in [9.17, 15) is 10.1 Å². The van der Waals surface area contributed by atoms with E-state index in [1.54, 1.807) is 0 Å². The summed E-state index contributed by atoms with van der Waals surface area (Å²) in [6.07, 6.45) is 3.65. The van der Waals surface area contributed by atoms with Gasteiger partial charge >= 0.3 is 0 Å². The fourth-order valence-electron chi connectivity index (χ4n) is 3.46. The highest BCUT2D eigenvalue weighted by Crippen LogP contribution is 2.23. The predicted octanol–water partition coefficient (Wildman–Crippen LogP) is 1.67. The molecule has 4 rings (SSSR count). The van der Waals surface area contributed by atoms with Crippen LogP contribution in [0.1, 0.15) is 18.4 Å². The lowest BCUT2D eigenvalue weighted by Gasteiger charge is -2.27. The maximum absolute atomic E-state index is 11.1. The zero-order valence-corrected chi connectivity index (χ0v) is 17.2. The van der Waals surface area contributed by atoms with E-state index in [1.807, 2.05) is 0 Å². The third-order valence-corrected chi connectivity index (χ3v) is 5.09. The number of ether oxygens (including phenoxy) is 2. The van der Waals surface area contributed by atoms with Gasteiger partial charge in [0.25, 0.3) is 5.69 Å². The molecule has 1 N–H and O–H groups in total. The molecule has 2 aliphatic heterocycles. The van der Waals surface area contributed by atoms with E-state index in [0.717, 1.165) is 25.9 Å². The van der Waals surface area contributed by atoms with Crippen molar-refractivity contribution in [2.45, 2.75) is 12.8 Å². The summed E-state index contributed by atoms with van der Waals surface area (Å²) in [5, 5.41) is 15.2. The largest absolute Gasteiger partial charge is 0.496 e. The highest BCUT2D eigenvalue weighted by molar-refractivity contribution is 5.85. The van der Waals surface area contributed by atoms with E-state index in [2.05, 4.69) is 35.3 Å². The Morgan fingerprint density at radius 3 is 2.45 bits per heavy atom. The van der Waals surface area contributed by atoms with Crippen molar-refractivity contribution in [2.75, 3.05) is 61.7 Å². The van der Waals surface area contributed by atoms with Crippen molar-refractivity contribution >= 4 is 29.7 Å². The molecule has 0 unspecified atom stereocenters. The second-order valence-corrected chi connectivity index (χ2v) is 7.11. The predicted molar refractivity (Wildman–Crippen MR) is 115 cm³/mol. The van der Waals surface area contributed by atoms with E-state index in [0.29, 0.717) is 55.5 Å². The number of nitro benzene ring substituents is 1. The fourth-order valence-corrected chi connectivity index (χ4v) is 3.46. The number of nitrogens with one attached hydrogen (secondary N) is 1. The van der Waals surface area contributed by atoms with Crippen LogP contribution < -0.4 is 20.0 Å². The number of hydrazone groups is 1. The second kappa shape index (κ2) is 9.51. The lowest BCUT2D eigenvalue weighted by atomic mass is 10.2. The smallest absolute Gasteiger partial charge is 0.270 e. The van der Waals surface area contributed by atoms with Gasteiger partial charge in [0.15, 0.2) is 0 Å². The number of anilines is 3. The lowest BCUT2D eigenvalue weighted by molar-refractivity contribution is -0.384. The Balaban J connectivity index is 1.58. The number of hydrogen-bond donors (Lipinski definition) is 1. The van der Waals surface area contributed by atoms with Gasteiger partial charge in [-0.15, -0.1) is 0 Å². The number of rotatable bonds is 7. The molecule has 1 aromatic heterocycles. The number of benzene rings is 1. The summed E-state index contributed by atoms with van der Waals surface area (Å²) in [5.41, 5.74) is 3.25. The molecule has 0 amide bonds. The number of hydrogen-bond acceptors (Lipinski definition) is 11. The summed E-state index contributed by atoms with van der Waals surface area (Å²) in [4.78, 5) is 28.4. The number of non-ortho nitro benzene ring substituents is 1. The highest BCUT2D eigenvalue weighted by Gasteiger charge is 2.21. The van der Waals surface area contributed by atoms with E-state index in [4.69, 9.17) is 9.47 Å². The SMILES string of the molecule is COc1ccc([N+](=O)[O-])cc1/C=N/Nc1nc(N2CCCC2)nc(N2CCOCC2)n1. The molecule has 2 fully saturated rings. The van der Waals surface area contributed by atoms with E-state index >= 15 is 0 Å². The van der Waals surface area contributed by atoms with Gasteiger partial charge in [-0.3, -0.25) is 10.1 Å². The van der Waals surface area contributed by atoms with E-state index in [1.165, 1.54) is 31.5 Å². The molecule has 2 aromatic rings. The minimum atomic E-state index is -0.465. The van der Waals surface area contributed by atoms with Gasteiger partial charge in [-0.1, -0.05) is 0 Å². The third kappa shape index (κ3) is 4.97. The van der Waals surface area contributed by atoms with Gasteiger partial charge < -0.3 is 19.3 Å². The van der Waals surface area contributed by atoms with E-state index in [-0.39, 0.29) is 5.69 Å². The molecule has 2 saturated heterocycles. The maximum atomic E-state index is 11.1. The normalized spacial score (nSPS) is 16.7. The van der Waals surface area contributed by atoms with Gasteiger partial charge in [-0.05, 0) is 18.9 Å². The zero-order valence-electron chi connectivity index (χ0n) is 17.2. The number of nitrogens with zero attached hydrogens (tertiary/aromatic N) is 7. The minimum Gasteiger partial charge on any atom is -0.496 e. The van der Waals surface area contributed by atoms with Gasteiger partial charge in [0.1, 0.15) is 5.75 Å². The molecular weight excluding hydrogens is 404 g/mol. The molecule has 0 atom stereocenters. The summed E-state index contributed by atoms with van der Waals surface area (Å²) in [5.74, 6) is 1.96. The number of methoxy groups -OCH3 is 1. The minimum absolute atomic E-state index is 0.0478. The van der Waals surface area contributed by atoms with Crippen LogP contribution in [0.2, 0.25) is 0 Å². The quantitative estimate of drug-likeness (QED) is 0.395. The summed E-state index contributed by atoms with van der Waals surface area (Å²) in [6, 6.07) is 4.31. The van der Waals surface area contributed by atoms with Gasteiger partial charge in [0, 0.05) is 43.9 Å². The van der Waals surface area contributed by atoms with Gasteiger partial charge in [0.05, 0.1) is 31.5 Å². The fraction of sp³-hybridized carbons (Fsp3) is 0.474. The third-order valence-electron chi connectivity index (χ3n) is 5.09. The second-order valence-electron chi connectivity index (χ2n) is 7.11. The average Bonchev–Trinajstić information content (AvgIpc) is 3.34. The van der Waals surface area contributed by atoms with Crippen molar-refractivity contribution < 1.29 is 14.4 Å². The monoisotopic (exact) mass is 428 g/mol. The van der Waals surface area contributed by atoms with Crippen molar-refractivity contribution in [3.63, 3.8) is 0 Å². The van der Waals surface area contributed by atoms with Crippen LogP contribution in [0.25, 0.3) is 0 Å². The van der Waals surface area contributed by atoms with Crippen molar-refractivity contribution in [1.82, 2.24) is 15.0 Å². The van der Waals surface area contributed by atoms with Gasteiger partial charge in [-0.25, -0.2) is 5.43 Å². The van der Waals surface area contributed by atoms with Crippen molar-refractivity contribution in [3.05, 3.63) is 33.9 Å². The van der Waals surface area contributed by atoms with Crippen LogP contribution in [-0.4, -0.2) is 72.6 Å². The Morgan fingerprint density at radius 1 is 1.13 bits per heavy atom. The van der Waals surface area contributed by atoms with Crippen LogP contribution in [0, 0.1) is 10.1 Å². The molecule has 12 heteroatoms. The van der Waals surface area contributed by atoms with Crippen molar-refractivity contribution in [1.29, 1.82) is 0 Å². The molecule has 0 spiro atoms. The Hall–Kier alpha value is -3.54. The molecule has 1 aromatic carbocycles. The lowest BCUT2D eigenvalue weighted by Crippen LogP contribution is -2.38. The first-order valence-corrected chi connectivity index (χ1v) is 10.1. The Kier molecular flexibility index (Phi) is 6.36. The molecule has 0 saturated carbocycles. The van der Waals surface area contributed by atoms with Crippen molar-refractivity contribution in [3.8, 4) is 5.75 Å². The number of morpholine rings is 1. The summed E-state index contributed by atoms with van der Waals surface area (Å²) >= 11 is 0. The highest BCUT2D eigenvalue weighted by atomic mass is 16.6. The molecule has 0 radical (unpaired) electrons. The molecular formula is C19H24N8O4. The molecule has 2 aliphatic rings. The standard InChI is InChI=1S/C19H24N8O4/c1-30-16-5-4-15(27(28)29)12-14(16)13-20-24-17-21-18(25-6-2-3-7-25)23-19(22-17)26-8-10-31-11-9-26/h4-5,12-13H,2-3,6-11H2,1H3,(H,21,22,23,24)/b20-13+. The van der Waals surface area contributed by atoms with Crippen LogP contribution in [-0.2, 0) is 4.74 Å². The first-order valence-electron chi connectivity index (χ1n) is 10.1. The van der Waals surface area contributed by atoms with Crippen molar-refractivity contribution in [2.24, 2.45) is 5.10 Å². The van der Waals surface area contributed by atoms with Crippen LogP contribution in [0.4, 0.5) is 23.5 Å². The summed E-state index contributed by atoms with van der Waals surface area (Å²) in [6.45, 7) is 4.46. The Morgan fingerprint density at radius 2 is 1.81 bits per heavy atom. The molecule has 12 nitrogen and oxygen atoms in total. The van der Waals surface area contributed by atoms with Crippen LogP contribution in [0.15, 0.2) is 23.3 Å². The molecule has 3 heterocycles.